The SMILES string of the molecule is O=C1C[C@@]2(CC[C@@H]3[C@@H](C(=O)NCc4cccc(F)c4)[C@@H]32)Oc2ccccc21. The second kappa shape index (κ2) is 5.91. The van der Waals surface area contributed by atoms with Gasteiger partial charge in [0.2, 0.25) is 5.91 Å². The number of para-hydroxylation sites is 1. The predicted molar refractivity (Wildman–Crippen MR) is 96.7 cm³/mol. The van der Waals surface area contributed by atoms with Gasteiger partial charge in [-0.3, -0.25) is 9.59 Å². The average Bonchev–Trinajstić information content (AvgIpc) is 3.31. The zero-order chi connectivity index (χ0) is 18.6. The van der Waals surface area contributed by atoms with Crippen LogP contribution in [-0.2, 0) is 11.3 Å². The van der Waals surface area contributed by atoms with E-state index in [0.717, 1.165) is 18.4 Å². The van der Waals surface area contributed by atoms with Gasteiger partial charge in [0.25, 0.3) is 0 Å². The fourth-order valence-corrected chi connectivity index (χ4v) is 5.07. The zero-order valence-electron chi connectivity index (χ0n) is 14.8. The van der Waals surface area contributed by atoms with Crippen LogP contribution in [0.15, 0.2) is 48.5 Å². The van der Waals surface area contributed by atoms with Gasteiger partial charge in [0.05, 0.1) is 12.0 Å². The zero-order valence-corrected chi connectivity index (χ0v) is 14.8. The molecule has 0 saturated heterocycles. The molecule has 27 heavy (non-hydrogen) atoms. The molecule has 4 nitrogen and oxygen atoms in total. The van der Waals surface area contributed by atoms with E-state index in [2.05, 4.69) is 5.32 Å². The van der Waals surface area contributed by atoms with Crippen LogP contribution in [0.1, 0.15) is 35.2 Å². The molecular weight excluding hydrogens is 345 g/mol. The van der Waals surface area contributed by atoms with E-state index in [1.165, 1.54) is 12.1 Å². The maximum atomic E-state index is 13.3. The van der Waals surface area contributed by atoms with E-state index in [4.69, 9.17) is 4.74 Å². The topological polar surface area (TPSA) is 55.4 Å². The van der Waals surface area contributed by atoms with Crippen molar-refractivity contribution in [1.29, 1.82) is 0 Å². The van der Waals surface area contributed by atoms with Crippen LogP contribution >= 0.6 is 0 Å². The minimum Gasteiger partial charge on any atom is -0.486 e. The summed E-state index contributed by atoms with van der Waals surface area (Å²) in [5.41, 5.74) is 0.831. The molecular formula is C22H20FNO3. The molecule has 0 unspecified atom stereocenters. The third-order valence-corrected chi connectivity index (χ3v) is 6.30. The van der Waals surface area contributed by atoms with Crippen LogP contribution in [0.2, 0.25) is 0 Å². The summed E-state index contributed by atoms with van der Waals surface area (Å²) in [7, 11) is 0. The van der Waals surface area contributed by atoms with Crippen molar-refractivity contribution >= 4 is 11.7 Å². The van der Waals surface area contributed by atoms with Gasteiger partial charge in [-0.15, -0.1) is 0 Å². The number of ether oxygens (including phenoxy) is 1. The van der Waals surface area contributed by atoms with Crippen molar-refractivity contribution in [3.8, 4) is 5.75 Å². The Morgan fingerprint density at radius 2 is 2.07 bits per heavy atom. The quantitative estimate of drug-likeness (QED) is 0.906. The normalized spacial score (nSPS) is 30.4. The first kappa shape index (κ1) is 16.5. The Labute approximate surface area is 156 Å². The number of benzene rings is 2. The minimum absolute atomic E-state index is 0.0248. The van der Waals surface area contributed by atoms with Crippen LogP contribution in [0, 0.1) is 23.6 Å². The number of Topliss-reactive ketones (excluding diaryl/α,β-unsaturated/α-hetero) is 1. The molecule has 4 atom stereocenters. The van der Waals surface area contributed by atoms with E-state index in [1.807, 2.05) is 18.2 Å². The lowest BCUT2D eigenvalue weighted by Gasteiger charge is -2.37. The summed E-state index contributed by atoms with van der Waals surface area (Å²) in [5.74, 6) is 0.645. The van der Waals surface area contributed by atoms with Gasteiger partial charge in [-0.2, -0.15) is 0 Å². The Hall–Kier alpha value is -2.69. The van der Waals surface area contributed by atoms with E-state index in [-0.39, 0.29) is 35.3 Å². The van der Waals surface area contributed by atoms with Crippen molar-refractivity contribution in [2.45, 2.75) is 31.4 Å². The lowest BCUT2D eigenvalue weighted by Crippen LogP contribution is -2.44. The molecule has 2 saturated carbocycles. The summed E-state index contributed by atoms with van der Waals surface area (Å²) >= 11 is 0. The number of amides is 1. The number of nitrogens with one attached hydrogen (secondary N) is 1. The third-order valence-electron chi connectivity index (χ3n) is 6.30. The molecule has 2 aromatic carbocycles. The Balaban J connectivity index is 1.30. The molecule has 1 heterocycles. The number of halogens is 1. The predicted octanol–water partition coefficient (Wildman–Crippen LogP) is 3.50. The molecule has 2 aliphatic carbocycles. The Bertz CT molecular complexity index is 943. The van der Waals surface area contributed by atoms with Gasteiger partial charge in [0.15, 0.2) is 5.78 Å². The molecule has 2 aromatic rings. The maximum Gasteiger partial charge on any atom is 0.224 e. The number of hydrogen-bond donors (Lipinski definition) is 1. The van der Waals surface area contributed by atoms with Gasteiger partial charge >= 0.3 is 0 Å². The van der Waals surface area contributed by atoms with E-state index in [0.29, 0.717) is 24.3 Å². The first-order valence-corrected chi connectivity index (χ1v) is 9.41. The average molecular weight is 365 g/mol. The van der Waals surface area contributed by atoms with E-state index >= 15 is 0 Å². The van der Waals surface area contributed by atoms with Crippen molar-refractivity contribution < 1.29 is 18.7 Å². The monoisotopic (exact) mass is 365 g/mol. The summed E-state index contributed by atoms with van der Waals surface area (Å²) in [6.07, 6.45) is 2.06. The van der Waals surface area contributed by atoms with Gasteiger partial charge in [-0.25, -0.2) is 4.39 Å². The number of fused-ring (bicyclic) bond motifs is 3. The highest BCUT2D eigenvalue weighted by Gasteiger charge is 2.70. The minimum atomic E-state index is -0.545. The fraction of sp³-hybridized carbons (Fsp3) is 0.364. The number of ketones is 1. The van der Waals surface area contributed by atoms with Crippen molar-refractivity contribution in [1.82, 2.24) is 5.32 Å². The molecule has 1 spiro atoms. The van der Waals surface area contributed by atoms with Crippen molar-refractivity contribution in [3.05, 3.63) is 65.5 Å². The van der Waals surface area contributed by atoms with E-state index < -0.39 is 5.60 Å². The molecule has 1 aliphatic heterocycles. The van der Waals surface area contributed by atoms with E-state index in [1.54, 1.807) is 18.2 Å². The highest BCUT2D eigenvalue weighted by atomic mass is 19.1. The number of hydrogen-bond acceptors (Lipinski definition) is 3. The Morgan fingerprint density at radius 3 is 2.93 bits per heavy atom. The largest absolute Gasteiger partial charge is 0.486 e. The second-order valence-electron chi connectivity index (χ2n) is 7.86. The lowest BCUT2D eigenvalue weighted by molar-refractivity contribution is -0.124. The van der Waals surface area contributed by atoms with Crippen LogP contribution < -0.4 is 10.1 Å². The van der Waals surface area contributed by atoms with Gasteiger partial charge in [0, 0.05) is 18.4 Å². The molecule has 0 bridgehead atoms. The molecule has 0 aromatic heterocycles. The maximum absolute atomic E-state index is 13.3. The number of carbonyl (C=O) groups is 2. The van der Waals surface area contributed by atoms with Crippen LogP contribution in [0.4, 0.5) is 4.39 Å². The van der Waals surface area contributed by atoms with E-state index in [9.17, 15) is 14.0 Å². The van der Waals surface area contributed by atoms with Crippen LogP contribution in [-0.4, -0.2) is 17.3 Å². The Kier molecular flexibility index (Phi) is 3.61. The van der Waals surface area contributed by atoms with Crippen molar-refractivity contribution in [2.24, 2.45) is 17.8 Å². The summed E-state index contributed by atoms with van der Waals surface area (Å²) in [4.78, 5) is 25.3. The van der Waals surface area contributed by atoms with Gasteiger partial charge in [-0.1, -0.05) is 24.3 Å². The standard InChI is InChI=1S/C22H20FNO3/c23-14-5-3-4-13(10-14)12-24-21(26)19-16-8-9-22(20(16)19)11-17(25)15-6-1-2-7-18(15)27-22/h1-7,10,16,19-20H,8-9,11-12H2,(H,24,26)/t16-,19-,20-,22-/m1/s1. The number of carbonyl (C=O) groups excluding carboxylic acids is 2. The van der Waals surface area contributed by atoms with Gasteiger partial charge in [0.1, 0.15) is 17.2 Å². The summed E-state index contributed by atoms with van der Waals surface area (Å²) in [5, 5.41) is 2.92. The molecule has 1 N–H and O–H groups in total. The Morgan fingerprint density at radius 1 is 1.22 bits per heavy atom. The van der Waals surface area contributed by atoms with Gasteiger partial charge in [-0.05, 0) is 48.6 Å². The van der Waals surface area contributed by atoms with Crippen LogP contribution in [0.25, 0.3) is 0 Å². The first-order valence-electron chi connectivity index (χ1n) is 9.41. The van der Waals surface area contributed by atoms with Crippen LogP contribution in [0.3, 0.4) is 0 Å². The lowest BCUT2D eigenvalue weighted by atomic mass is 9.84. The highest BCUT2D eigenvalue weighted by Crippen LogP contribution is 2.65. The van der Waals surface area contributed by atoms with Crippen molar-refractivity contribution in [3.63, 3.8) is 0 Å². The molecule has 2 fully saturated rings. The molecule has 5 heteroatoms. The third kappa shape index (κ3) is 2.64. The molecule has 138 valence electrons. The highest BCUT2D eigenvalue weighted by molar-refractivity contribution is 6.00. The summed E-state index contributed by atoms with van der Waals surface area (Å²) < 4.78 is 19.6. The summed E-state index contributed by atoms with van der Waals surface area (Å²) in [6, 6.07) is 13.6. The number of rotatable bonds is 3. The molecule has 1 amide bonds. The summed E-state index contributed by atoms with van der Waals surface area (Å²) in [6.45, 7) is 0.308. The molecule has 0 radical (unpaired) electrons. The molecule has 3 aliphatic rings. The molecule has 5 rings (SSSR count). The fourth-order valence-electron chi connectivity index (χ4n) is 5.07. The smallest absolute Gasteiger partial charge is 0.224 e. The first-order chi connectivity index (χ1) is 13.1. The van der Waals surface area contributed by atoms with Crippen molar-refractivity contribution in [2.75, 3.05) is 0 Å². The van der Waals surface area contributed by atoms with Crippen LogP contribution in [0.5, 0.6) is 5.75 Å². The second-order valence-corrected chi connectivity index (χ2v) is 7.86. The van der Waals surface area contributed by atoms with Gasteiger partial charge < -0.3 is 10.1 Å².